The third kappa shape index (κ3) is 4.06. The number of benzene rings is 3. The van der Waals surface area contributed by atoms with Gasteiger partial charge in [-0.05, 0) is 0 Å². The van der Waals surface area contributed by atoms with E-state index in [1.165, 1.54) is 15.9 Å². The van der Waals surface area contributed by atoms with Crippen LogP contribution in [-0.4, -0.2) is 17.2 Å². The molecule has 0 saturated carbocycles. The van der Waals surface area contributed by atoms with Crippen LogP contribution >= 0.6 is 20.8 Å². The summed E-state index contributed by atoms with van der Waals surface area (Å²) in [6.07, 6.45) is 3.79. The van der Waals surface area contributed by atoms with Gasteiger partial charge in [-0.25, -0.2) is 0 Å². The fourth-order valence-corrected chi connectivity index (χ4v) is 11.7. The Labute approximate surface area is 175 Å². The minimum absolute atomic E-state index is 0.236. The molecule has 3 aromatic rings. The molecule has 0 aliphatic rings. The molecule has 0 aromatic heterocycles. The third-order valence-corrected chi connectivity index (χ3v) is 15.4. The first kappa shape index (κ1) is 20.8. The molecule has 0 saturated heterocycles. The van der Waals surface area contributed by atoms with E-state index < -0.39 is 11.3 Å². The van der Waals surface area contributed by atoms with Gasteiger partial charge >= 0.3 is 175 Å². The molecule has 0 atom stereocenters. The average Bonchev–Trinajstić information content (AvgIpc) is 2.75. The van der Waals surface area contributed by atoms with Crippen LogP contribution in [0.5, 0.6) is 0 Å². The molecule has 3 rings (SSSR count). The van der Waals surface area contributed by atoms with Crippen molar-refractivity contribution in [2.45, 2.75) is 25.7 Å². The number of hydrogen-bond acceptors (Lipinski definition) is 1. The van der Waals surface area contributed by atoms with Crippen LogP contribution in [0.25, 0.3) is 0 Å². The SMILES string of the molecule is O=C(O)CCCCCP(Br)(c1ccccc1)(c1ccccc1)c1ccccc1. The van der Waals surface area contributed by atoms with Crippen molar-refractivity contribution in [3.8, 4) is 0 Å². The van der Waals surface area contributed by atoms with Crippen molar-refractivity contribution >= 4 is 42.7 Å². The van der Waals surface area contributed by atoms with Crippen LogP contribution in [0, 0.1) is 0 Å². The Bertz CT molecular complexity index is 798. The summed E-state index contributed by atoms with van der Waals surface area (Å²) in [7, 11) is 0. The van der Waals surface area contributed by atoms with Crippen LogP contribution < -0.4 is 15.9 Å². The van der Waals surface area contributed by atoms with Crippen LogP contribution in [0.4, 0.5) is 0 Å². The van der Waals surface area contributed by atoms with Gasteiger partial charge in [0.2, 0.25) is 0 Å². The Hall–Kier alpha value is -1.96. The van der Waals surface area contributed by atoms with E-state index in [0.29, 0.717) is 6.42 Å². The predicted octanol–water partition coefficient (Wildman–Crippen LogP) is 5.47. The molecule has 0 bridgehead atoms. The molecule has 0 spiro atoms. The molecule has 0 fully saturated rings. The van der Waals surface area contributed by atoms with Crippen molar-refractivity contribution in [1.82, 2.24) is 0 Å². The molecule has 0 unspecified atom stereocenters. The third-order valence-electron chi connectivity index (χ3n) is 5.35. The Kier molecular flexibility index (Phi) is 6.69. The van der Waals surface area contributed by atoms with Gasteiger partial charge in [0.25, 0.3) is 0 Å². The van der Waals surface area contributed by atoms with Crippen molar-refractivity contribution in [3.63, 3.8) is 0 Å². The van der Waals surface area contributed by atoms with E-state index in [-0.39, 0.29) is 6.42 Å². The number of rotatable bonds is 9. The van der Waals surface area contributed by atoms with Gasteiger partial charge in [-0.15, -0.1) is 0 Å². The Balaban J connectivity index is 2.12. The van der Waals surface area contributed by atoms with Gasteiger partial charge in [0, 0.05) is 0 Å². The van der Waals surface area contributed by atoms with Gasteiger partial charge in [0.1, 0.15) is 0 Å². The number of hydrogen-bond donors (Lipinski definition) is 1. The summed E-state index contributed by atoms with van der Waals surface area (Å²) in [5.74, 6) is -0.717. The zero-order valence-corrected chi connectivity index (χ0v) is 18.4. The van der Waals surface area contributed by atoms with Crippen LogP contribution in [0.1, 0.15) is 25.7 Å². The van der Waals surface area contributed by atoms with E-state index >= 15 is 0 Å². The monoisotopic (exact) mass is 456 g/mol. The number of carboxylic acids is 1. The normalized spacial score (nSPS) is 12.8. The van der Waals surface area contributed by atoms with Crippen molar-refractivity contribution in [2.24, 2.45) is 0 Å². The van der Waals surface area contributed by atoms with Gasteiger partial charge in [-0.2, -0.15) is 0 Å². The average molecular weight is 457 g/mol. The summed E-state index contributed by atoms with van der Waals surface area (Å²) < 4.78 is 0. The first-order valence-electron chi connectivity index (χ1n) is 9.67. The van der Waals surface area contributed by atoms with Gasteiger partial charge in [-0.1, -0.05) is 0 Å². The van der Waals surface area contributed by atoms with Crippen molar-refractivity contribution in [2.75, 3.05) is 6.16 Å². The molecule has 0 amide bonds. The molecular weight excluding hydrogens is 431 g/mol. The zero-order valence-electron chi connectivity index (χ0n) is 15.9. The summed E-state index contributed by atoms with van der Waals surface area (Å²) in [4.78, 5) is 10.9. The van der Waals surface area contributed by atoms with E-state index in [1.807, 2.05) is 0 Å². The Morgan fingerprint density at radius 3 is 1.43 bits per heavy atom. The van der Waals surface area contributed by atoms with Crippen molar-refractivity contribution in [1.29, 1.82) is 0 Å². The van der Waals surface area contributed by atoms with Crippen LogP contribution in [0.2, 0.25) is 0 Å². The Morgan fingerprint density at radius 2 is 1.07 bits per heavy atom. The van der Waals surface area contributed by atoms with Crippen LogP contribution in [0.15, 0.2) is 91.0 Å². The second-order valence-electron chi connectivity index (χ2n) is 7.12. The van der Waals surface area contributed by atoms with Gasteiger partial charge in [0.15, 0.2) is 0 Å². The van der Waals surface area contributed by atoms with E-state index in [0.717, 1.165) is 19.0 Å². The van der Waals surface area contributed by atoms with Gasteiger partial charge in [-0.3, -0.25) is 0 Å². The summed E-state index contributed by atoms with van der Waals surface area (Å²) in [5, 5.41) is 10.0. The molecule has 3 aromatic carbocycles. The summed E-state index contributed by atoms with van der Waals surface area (Å²) in [5.41, 5.74) is 0. The number of halogens is 1. The van der Waals surface area contributed by atoms with E-state index in [1.54, 1.807) is 0 Å². The predicted molar refractivity (Wildman–Crippen MR) is 125 cm³/mol. The first-order valence-corrected chi connectivity index (χ1v) is 14.1. The molecule has 1 N–H and O–H groups in total. The maximum absolute atomic E-state index is 10.9. The number of carboxylic acid groups (broad SMARTS) is 1. The molecular formula is C24H26BrO2P. The molecule has 2 nitrogen and oxygen atoms in total. The van der Waals surface area contributed by atoms with Crippen LogP contribution in [0.3, 0.4) is 0 Å². The first-order chi connectivity index (χ1) is 13.6. The summed E-state index contributed by atoms with van der Waals surface area (Å²) >= 11 is 4.41. The standard InChI is InChI=1S/C24H26BrO2P/c25-28(21-13-5-1-6-14-21,22-15-7-2-8-16-22,23-17-9-3-10-18-23)20-12-4-11-19-24(26)27/h1-3,5-10,13-18H,4,11-12,19-20H2,(H,26,27). The van der Waals surface area contributed by atoms with Crippen molar-refractivity contribution in [3.05, 3.63) is 91.0 Å². The molecule has 28 heavy (non-hydrogen) atoms. The molecule has 4 heteroatoms. The summed E-state index contributed by atoms with van der Waals surface area (Å²) in [6.45, 7) is 0. The number of unbranched alkanes of at least 4 members (excludes halogenated alkanes) is 2. The summed E-state index contributed by atoms with van der Waals surface area (Å²) in [6, 6.07) is 32.2. The number of aliphatic carboxylic acids is 1. The molecule has 0 aliphatic heterocycles. The minimum atomic E-state index is -2.85. The molecule has 146 valence electrons. The van der Waals surface area contributed by atoms with Crippen LogP contribution in [-0.2, 0) is 4.79 Å². The molecule has 0 aliphatic carbocycles. The second-order valence-corrected chi connectivity index (χ2v) is 16.2. The zero-order chi connectivity index (χ0) is 19.9. The number of carbonyl (C=O) groups is 1. The van der Waals surface area contributed by atoms with E-state index in [4.69, 9.17) is 5.11 Å². The Morgan fingerprint density at radius 1 is 0.679 bits per heavy atom. The maximum atomic E-state index is 10.9. The van der Waals surface area contributed by atoms with E-state index in [2.05, 4.69) is 106 Å². The van der Waals surface area contributed by atoms with Gasteiger partial charge < -0.3 is 0 Å². The second kappa shape index (κ2) is 9.03. The van der Waals surface area contributed by atoms with Gasteiger partial charge in [0.05, 0.1) is 0 Å². The fraction of sp³-hybridized carbons (Fsp3) is 0.208. The molecule has 0 radical (unpaired) electrons. The quantitative estimate of drug-likeness (QED) is 0.342. The van der Waals surface area contributed by atoms with Crippen molar-refractivity contribution < 1.29 is 9.90 Å². The fourth-order valence-electron chi connectivity index (χ4n) is 3.91. The van der Waals surface area contributed by atoms with E-state index in [9.17, 15) is 4.79 Å². The topological polar surface area (TPSA) is 37.3 Å². The molecule has 0 heterocycles.